The van der Waals surface area contributed by atoms with E-state index >= 15 is 0 Å². The molecule has 120 valence electrons. The summed E-state index contributed by atoms with van der Waals surface area (Å²) in [6.45, 7) is 3.86. The molecule has 0 spiro atoms. The Morgan fingerprint density at radius 1 is 1.09 bits per heavy atom. The van der Waals surface area contributed by atoms with E-state index in [1.54, 1.807) is 31.2 Å². The highest BCUT2D eigenvalue weighted by Gasteiger charge is 2.09. The van der Waals surface area contributed by atoms with Crippen LogP contribution in [0.5, 0.6) is 5.75 Å². The van der Waals surface area contributed by atoms with Crippen LogP contribution in [0.15, 0.2) is 48.5 Å². The summed E-state index contributed by atoms with van der Waals surface area (Å²) in [6.07, 6.45) is 0. The van der Waals surface area contributed by atoms with Crippen molar-refractivity contribution in [2.75, 3.05) is 18.5 Å². The molecule has 1 amide bonds. The molecule has 0 heterocycles. The van der Waals surface area contributed by atoms with Crippen molar-refractivity contribution in [3.05, 3.63) is 59.7 Å². The van der Waals surface area contributed by atoms with Crippen LogP contribution >= 0.6 is 0 Å². The molecule has 0 atom stereocenters. The normalized spacial score (nSPS) is 10.0. The third-order valence-corrected chi connectivity index (χ3v) is 3.11. The molecule has 5 nitrogen and oxygen atoms in total. The summed E-state index contributed by atoms with van der Waals surface area (Å²) in [5.41, 5.74) is 1.88. The molecule has 2 aromatic carbocycles. The third-order valence-electron chi connectivity index (χ3n) is 3.11. The minimum absolute atomic E-state index is 0.103. The predicted octanol–water partition coefficient (Wildman–Crippen LogP) is 3.19. The lowest BCUT2D eigenvalue weighted by molar-refractivity contribution is -0.118. The standard InChI is InChI=1S/C18H19NO4/c1-3-22-18(21)14-8-6-9-15(11-14)19-17(20)12-23-16-10-5-4-7-13(16)2/h4-11H,3,12H2,1-2H3,(H,19,20). The molecule has 5 heteroatoms. The number of hydrogen-bond acceptors (Lipinski definition) is 4. The van der Waals surface area contributed by atoms with Crippen LogP contribution in [0.1, 0.15) is 22.8 Å². The van der Waals surface area contributed by atoms with Crippen LogP contribution < -0.4 is 10.1 Å². The average molecular weight is 313 g/mol. The van der Waals surface area contributed by atoms with Gasteiger partial charge >= 0.3 is 5.97 Å². The van der Waals surface area contributed by atoms with Crippen molar-refractivity contribution in [1.29, 1.82) is 0 Å². The maximum absolute atomic E-state index is 12.0. The summed E-state index contributed by atoms with van der Waals surface area (Å²) < 4.78 is 10.4. The monoisotopic (exact) mass is 313 g/mol. The van der Waals surface area contributed by atoms with Gasteiger partial charge in [-0.05, 0) is 43.7 Å². The Kier molecular flexibility index (Phi) is 5.74. The Morgan fingerprint density at radius 3 is 2.61 bits per heavy atom. The van der Waals surface area contributed by atoms with Crippen molar-refractivity contribution >= 4 is 17.6 Å². The number of nitrogens with one attached hydrogen (secondary N) is 1. The second kappa shape index (κ2) is 7.98. The highest BCUT2D eigenvalue weighted by molar-refractivity contribution is 5.95. The Balaban J connectivity index is 1.94. The Labute approximate surface area is 135 Å². The zero-order valence-corrected chi connectivity index (χ0v) is 13.2. The SMILES string of the molecule is CCOC(=O)c1cccc(NC(=O)COc2ccccc2C)c1. The summed E-state index contributed by atoms with van der Waals surface area (Å²) in [6, 6.07) is 14.1. The van der Waals surface area contributed by atoms with Crippen molar-refractivity contribution < 1.29 is 19.1 Å². The molecule has 0 saturated heterocycles. The zero-order valence-electron chi connectivity index (χ0n) is 13.2. The van der Waals surface area contributed by atoms with E-state index in [0.29, 0.717) is 23.6 Å². The number of anilines is 1. The van der Waals surface area contributed by atoms with Crippen molar-refractivity contribution in [1.82, 2.24) is 0 Å². The van der Waals surface area contributed by atoms with Gasteiger partial charge in [-0.25, -0.2) is 4.79 Å². The van der Waals surface area contributed by atoms with Gasteiger partial charge in [0.15, 0.2) is 6.61 Å². The number of para-hydroxylation sites is 1. The molecule has 23 heavy (non-hydrogen) atoms. The highest BCUT2D eigenvalue weighted by Crippen LogP contribution is 2.16. The second-order valence-electron chi connectivity index (χ2n) is 4.90. The lowest BCUT2D eigenvalue weighted by atomic mass is 10.2. The second-order valence-corrected chi connectivity index (χ2v) is 4.90. The lowest BCUT2D eigenvalue weighted by Gasteiger charge is -2.10. The predicted molar refractivity (Wildman–Crippen MR) is 87.7 cm³/mol. The van der Waals surface area contributed by atoms with Crippen LogP contribution in [0.2, 0.25) is 0 Å². The number of rotatable bonds is 6. The Bertz CT molecular complexity index is 697. The number of aryl methyl sites for hydroxylation is 1. The average Bonchev–Trinajstić information content (AvgIpc) is 2.54. The van der Waals surface area contributed by atoms with E-state index in [9.17, 15) is 9.59 Å². The highest BCUT2D eigenvalue weighted by atomic mass is 16.5. The van der Waals surface area contributed by atoms with Crippen LogP contribution in [0.25, 0.3) is 0 Å². The van der Waals surface area contributed by atoms with E-state index in [-0.39, 0.29) is 12.5 Å². The third kappa shape index (κ3) is 4.85. The number of benzene rings is 2. The fraction of sp³-hybridized carbons (Fsp3) is 0.222. The zero-order chi connectivity index (χ0) is 16.7. The first kappa shape index (κ1) is 16.5. The molecule has 0 unspecified atom stereocenters. The van der Waals surface area contributed by atoms with Gasteiger partial charge in [-0.1, -0.05) is 24.3 Å². The van der Waals surface area contributed by atoms with Gasteiger partial charge in [0.2, 0.25) is 0 Å². The van der Waals surface area contributed by atoms with Crippen molar-refractivity contribution in [3.63, 3.8) is 0 Å². The molecule has 2 aromatic rings. The van der Waals surface area contributed by atoms with Crippen LogP contribution in [0.3, 0.4) is 0 Å². The van der Waals surface area contributed by atoms with Gasteiger partial charge in [-0.3, -0.25) is 4.79 Å². The number of esters is 1. The molecule has 0 bridgehead atoms. The molecule has 0 aliphatic carbocycles. The van der Waals surface area contributed by atoms with Gasteiger partial charge in [0.25, 0.3) is 5.91 Å². The van der Waals surface area contributed by atoms with Crippen molar-refractivity contribution in [2.45, 2.75) is 13.8 Å². The van der Waals surface area contributed by atoms with E-state index < -0.39 is 5.97 Å². The maximum Gasteiger partial charge on any atom is 0.338 e. The largest absolute Gasteiger partial charge is 0.483 e. The van der Waals surface area contributed by atoms with Crippen LogP contribution in [-0.2, 0) is 9.53 Å². The number of carbonyl (C=O) groups is 2. The van der Waals surface area contributed by atoms with Gasteiger partial charge in [0, 0.05) is 5.69 Å². The quantitative estimate of drug-likeness (QED) is 0.832. The van der Waals surface area contributed by atoms with E-state index in [1.807, 2.05) is 31.2 Å². The molecule has 0 fully saturated rings. The molecular weight excluding hydrogens is 294 g/mol. The summed E-state index contributed by atoms with van der Waals surface area (Å²) in [4.78, 5) is 23.6. The van der Waals surface area contributed by atoms with E-state index in [0.717, 1.165) is 5.56 Å². The van der Waals surface area contributed by atoms with Gasteiger partial charge < -0.3 is 14.8 Å². The summed E-state index contributed by atoms with van der Waals surface area (Å²) in [5, 5.41) is 2.70. The van der Waals surface area contributed by atoms with E-state index in [1.165, 1.54) is 0 Å². The van der Waals surface area contributed by atoms with E-state index in [2.05, 4.69) is 5.32 Å². The Hall–Kier alpha value is -2.82. The molecule has 0 aliphatic rings. The first-order valence-electron chi connectivity index (χ1n) is 7.35. The maximum atomic E-state index is 12.0. The molecule has 2 rings (SSSR count). The first-order chi connectivity index (χ1) is 11.1. The van der Waals surface area contributed by atoms with Crippen LogP contribution in [-0.4, -0.2) is 25.1 Å². The van der Waals surface area contributed by atoms with Gasteiger partial charge in [-0.15, -0.1) is 0 Å². The molecule has 0 saturated carbocycles. The lowest BCUT2D eigenvalue weighted by Crippen LogP contribution is -2.20. The minimum atomic E-state index is -0.417. The molecular formula is C18H19NO4. The van der Waals surface area contributed by atoms with E-state index in [4.69, 9.17) is 9.47 Å². The topological polar surface area (TPSA) is 64.6 Å². The summed E-state index contributed by atoms with van der Waals surface area (Å²) in [5.74, 6) is -0.0445. The molecule has 0 aromatic heterocycles. The number of amides is 1. The molecule has 1 N–H and O–H groups in total. The van der Waals surface area contributed by atoms with Gasteiger partial charge in [0.05, 0.1) is 12.2 Å². The summed E-state index contributed by atoms with van der Waals surface area (Å²) in [7, 11) is 0. The van der Waals surface area contributed by atoms with Gasteiger partial charge in [0.1, 0.15) is 5.75 Å². The summed E-state index contributed by atoms with van der Waals surface area (Å²) >= 11 is 0. The smallest absolute Gasteiger partial charge is 0.338 e. The number of hydrogen-bond donors (Lipinski definition) is 1. The number of ether oxygens (including phenoxy) is 2. The van der Waals surface area contributed by atoms with Crippen molar-refractivity contribution in [2.24, 2.45) is 0 Å². The number of carbonyl (C=O) groups excluding carboxylic acids is 2. The van der Waals surface area contributed by atoms with Crippen LogP contribution in [0.4, 0.5) is 5.69 Å². The fourth-order valence-corrected chi connectivity index (χ4v) is 2.00. The van der Waals surface area contributed by atoms with Gasteiger partial charge in [-0.2, -0.15) is 0 Å². The van der Waals surface area contributed by atoms with Crippen LogP contribution in [0, 0.1) is 6.92 Å². The first-order valence-corrected chi connectivity index (χ1v) is 7.35. The fourth-order valence-electron chi connectivity index (χ4n) is 2.00. The molecule has 0 aliphatic heterocycles. The Morgan fingerprint density at radius 2 is 1.87 bits per heavy atom. The molecule has 0 radical (unpaired) electrons. The minimum Gasteiger partial charge on any atom is -0.483 e. The van der Waals surface area contributed by atoms with Crippen molar-refractivity contribution in [3.8, 4) is 5.75 Å².